The Morgan fingerprint density at radius 1 is 1.07 bits per heavy atom. The second-order valence-electron chi connectivity index (χ2n) is 3.49. The fraction of sp³-hybridized carbons (Fsp3) is 0.778. The lowest BCUT2D eigenvalue weighted by Gasteiger charge is -1.99. The molecular weight excluding hydrogens is 210 g/mol. The van der Waals surface area contributed by atoms with Gasteiger partial charge in [0.15, 0.2) is 0 Å². The van der Waals surface area contributed by atoms with Crippen LogP contribution < -0.4 is 0 Å². The number of hydrogen-bond acceptors (Lipinski definition) is 4. The minimum absolute atomic E-state index is 0.325. The zero-order valence-electron chi connectivity index (χ0n) is 8.46. The lowest BCUT2D eigenvalue weighted by molar-refractivity contribution is -0.143. The highest BCUT2D eigenvalue weighted by Gasteiger charge is 2.69. The van der Waals surface area contributed by atoms with Crippen LogP contribution in [0.25, 0.3) is 0 Å². The van der Waals surface area contributed by atoms with Crippen molar-refractivity contribution in [2.45, 2.75) is 19.8 Å². The molecule has 0 aromatic rings. The third-order valence-electron chi connectivity index (χ3n) is 2.30. The Morgan fingerprint density at radius 3 is 1.67 bits per heavy atom. The fourth-order valence-corrected chi connectivity index (χ4v) is 1.33. The summed E-state index contributed by atoms with van der Waals surface area (Å²) < 4.78 is 34.9. The Hall–Kier alpha value is -1.20. The van der Waals surface area contributed by atoms with E-state index in [4.69, 9.17) is 0 Å². The molecule has 0 bridgehead atoms. The van der Waals surface area contributed by atoms with Gasteiger partial charge in [0.1, 0.15) is 13.2 Å². The van der Waals surface area contributed by atoms with Gasteiger partial charge in [-0.1, -0.05) is 0 Å². The van der Waals surface area contributed by atoms with Crippen LogP contribution in [0.2, 0.25) is 0 Å². The maximum Gasteiger partial charge on any atom is 0.302 e. The molecule has 0 aromatic heterocycles. The highest BCUT2D eigenvalue weighted by Crippen LogP contribution is 2.55. The molecule has 1 rings (SSSR count). The molecule has 0 aliphatic heterocycles. The molecule has 1 saturated carbocycles. The lowest BCUT2D eigenvalue weighted by Crippen LogP contribution is -2.07. The van der Waals surface area contributed by atoms with Crippen molar-refractivity contribution in [2.75, 3.05) is 13.2 Å². The Kier molecular flexibility index (Phi) is 3.26. The zero-order valence-corrected chi connectivity index (χ0v) is 8.46. The maximum atomic E-state index is 13.0. The first-order valence-corrected chi connectivity index (χ1v) is 4.50. The summed E-state index contributed by atoms with van der Waals surface area (Å²) in [6.45, 7) is 1.66. The lowest BCUT2D eigenvalue weighted by atomic mass is 10.3. The molecule has 0 radical (unpaired) electrons. The van der Waals surface area contributed by atoms with E-state index < -0.39 is 29.7 Å². The highest BCUT2D eigenvalue weighted by molar-refractivity contribution is 5.66. The predicted molar refractivity (Wildman–Crippen MR) is 45.2 cm³/mol. The number of halogens is 2. The van der Waals surface area contributed by atoms with E-state index in [1.807, 2.05) is 0 Å². The molecule has 0 aromatic carbocycles. The van der Waals surface area contributed by atoms with Gasteiger partial charge in [-0.3, -0.25) is 9.59 Å². The van der Waals surface area contributed by atoms with E-state index in [2.05, 4.69) is 9.47 Å². The van der Waals surface area contributed by atoms with E-state index >= 15 is 0 Å². The second kappa shape index (κ2) is 4.12. The zero-order chi connectivity index (χ0) is 11.6. The van der Waals surface area contributed by atoms with E-state index in [0.717, 1.165) is 13.8 Å². The molecule has 0 unspecified atom stereocenters. The molecule has 4 nitrogen and oxygen atoms in total. The molecule has 86 valence electrons. The van der Waals surface area contributed by atoms with E-state index in [9.17, 15) is 18.4 Å². The highest BCUT2D eigenvalue weighted by atomic mass is 19.3. The first kappa shape index (κ1) is 11.9. The Morgan fingerprint density at radius 2 is 1.40 bits per heavy atom. The monoisotopic (exact) mass is 222 g/mol. The van der Waals surface area contributed by atoms with Crippen molar-refractivity contribution >= 4 is 11.9 Å². The number of ether oxygens (including phenoxy) is 2. The molecule has 6 heteroatoms. The molecule has 15 heavy (non-hydrogen) atoms. The van der Waals surface area contributed by atoms with Crippen molar-refractivity contribution in [3.8, 4) is 0 Å². The molecule has 0 heterocycles. The molecule has 1 aliphatic rings. The fourth-order valence-electron chi connectivity index (χ4n) is 1.33. The minimum atomic E-state index is -2.90. The van der Waals surface area contributed by atoms with Crippen LogP contribution in [-0.2, 0) is 19.1 Å². The van der Waals surface area contributed by atoms with E-state index in [1.54, 1.807) is 0 Å². The predicted octanol–water partition coefficient (Wildman–Crippen LogP) is 0.994. The van der Waals surface area contributed by atoms with Crippen molar-refractivity contribution < 1.29 is 27.8 Å². The number of alkyl halides is 2. The van der Waals surface area contributed by atoms with Gasteiger partial charge in [0, 0.05) is 13.8 Å². The summed E-state index contributed by atoms with van der Waals surface area (Å²) in [5, 5.41) is 0. The van der Waals surface area contributed by atoms with Crippen LogP contribution in [0.15, 0.2) is 0 Å². The van der Waals surface area contributed by atoms with Gasteiger partial charge >= 0.3 is 11.9 Å². The number of rotatable bonds is 4. The van der Waals surface area contributed by atoms with Gasteiger partial charge in [-0.25, -0.2) is 8.78 Å². The van der Waals surface area contributed by atoms with Crippen LogP contribution in [0.4, 0.5) is 8.78 Å². The second-order valence-corrected chi connectivity index (χ2v) is 3.49. The van der Waals surface area contributed by atoms with Crippen LogP contribution in [-0.4, -0.2) is 31.1 Å². The average molecular weight is 222 g/mol. The summed E-state index contributed by atoms with van der Waals surface area (Å²) in [6, 6.07) is 0. The summed E-state index contributed by atoms with van der Waals surface area (Å²) in [7, 11) is 0. The average Bonchev–Trinajstić information content (AvgIpc) is 2.60. The van der Waals surface area contributed by atoms with Gasteiger partial charge in [0.05, 0.1) is 11.8 Å². The van der Waals surface area contributed by atoms with Crippen molar-refractivity contribution in [3.05, 3.63) is 0 Å². The normalized spacial score (nSPS) is 26.9. The number of carbonyl (C=O) groups excluding carboxylic acids is 2. The molecule has 0 amide bonds. The molecule has 0 N–H and O–H groups in total. The SMILES string of the molecule is CC(=O)OC[C@@H]1[C@@H](COC(C)=O)C1(F)F. The van der Waals surface area contributed by atoms with Gasteiger partial charge in [-0.05, 0) is 0 Å². The first-order valence-electron chi connectivity index (χ1n) is 4.50. The van der Waals surface area contributed by atoms with Gasteiger partial charge in [-0.2, -0.15) is 0 Å². The van der Waals surface area contributed by atoms with Crippen molar-refractivity contribution in [1.29, 1.82) is 0 Å². The van der Waals surface area contributed by atoms with Crippen LogP contribution >= 0.6 is 0 Å². The van der Waals surface area contributed by atoms with Crippen LogP contribution in [0.1, 0.15) is 13.8 Å². The van der Waals surface area contributed by atoms with Crippen LogP contribution in [0.3, 0.4) is 0 Å². The minimum Gasteiger partial charge on any atom is -0.465 e. The smallest absolute Gasteiger partial charge is 0.302 e. The maximum absolute atomic E-state index is 13.0. The number of esters is 2. The summed E-state index contributed by atoms with van der Waals surface area (Å²) in [6.07, 6.45) is 0. The Labute approximate surface area is 85.5 Å². The van der Waals surface area contributed by atoms with Crippen LogP contribution in [0.5, 0.6) is 0 Å². The third kappa shape index (κ3) is 2.87. The standard InChI is InChI=1S/C9H12F2O4/c1-5(12)14-3-7-8(9(7,10)11)4-15-6(2)13/h7-8H,3-4H2,1-2H3/t7-,8-/m1/s1. The van der Waals surface area contributed by atoms with Crippen molar-refractivity contribution in [1.82, 2.24) is 0 Å². The number of hydrogen-bond donors (Lipinski definition) is 0. The van der Waals surface area contributed by atoms with Crippen molar-refractivity contribution in [3.63, 3.8) is 0 Å². The molecule has 0 spiro atoms. The van der Waals surface area contributed by atoms with Crippen molar-refractivity contribution in [2.24, 2.45) is 11.8 Å². The molecule has 1 fully saturated rings. The van der Waals surface area contributed by atoms with E-state index in [0.29, 0.717) is 0 Å². The topological polar surface area (TPSA) is 52.6 Å². The van der Waals surface area contributed by atoms with Gasteiger partial charge in [0.2, 0.25) is 0 Å². The van der Waals surface area contributed by atoms with E-state index in [1.165, 1.54) is 0 Å². The molecule has 0 saturated heterocycles. The number of carbonyl (C=O) groups is 2. The Balaban J connectivity index is 2.34. The molecule has 2 atom stereocenters. The third-order valence-corrected chi connectivity index (χ3v) is 2.30. The summed E-state index contributed by atoms with van der Waals surface area (Å²) >= 11 is 0. The quantitative estimate of drug-likeness (QED) is 0.666. The van der Waals surface area contributed by atoms with Gasteiger partial charge < -0.3 is 9.47 Å². The van der Waals surface area contributed by atoms with Gasteiger partial charge in [-0.15, -0.1) is 0 Å². The van der Waals surface area contributed by atoms with Gasteiger partial charge in [0.25, 0.3) is 5.92 Å². The summed E-state index contributed by atoms with van der Waals surface area (Å²) in [4.78, 5) is 20.8. The summed E-state index contributed by atoms with van der Waals surface area (Å²) in [5.41, 5.74) is 0. The largest absolute Gasteiger partial charge is 0.465 e. The summed E-state index contributed by atoms with van der Waals surface area (Å²) in [5.74, 6) is -6.14. The Bertz CT molecular complexity index is 251. The molecule has 1 aliphatic carbocycles. The van der Waals surface area contributed by atoms with Crippen LogP contribution in [0, 0.1) is 11.8 Å². The molecular formula is C9H12F2O4. The van der Waals surface area contributed by atoms with E-state index in [-0.39, 0.29) is 13.2 Å². The first-order chi connectivity index (χ1) is 6.85.